The van der Waals surface area contributed by atoms with Gasteiger partial charge in [0.2, 0.25) is 0 Å². The second-order valence-electron chi connectivity index (χ2n) is 5.45. The van der Waals surface area contributed by atoms with Crippen molar-refractivity contribution in [3.05, 3.63) is 0 Å². The molecule has 0 N–H and O–H groups in total. The lowest BCUT2D eigenvalue weighted by Gasteiger charge is -2.28. The Hall–Kier alpha value is -0.0962. The first-order valence-corrected chi connectivity index (χ1v) is 13.5. The van der Waals surface area contributed by atoms with Crippen LogP contribution in [0.5, 0.6) is 0 Å². The van der Waals surface area contributed by atoms with Crippen molar-refractivity contribution in [3.8, 4) is 0 Å². The number of nitrogens with zero attached hydrogens (tertiary/aromatic N) is 1. The molecule has 8 heteroatoms. The standard InChI is InChI=1S/C17H39NO5Si2/c1-6-19-24(20-7-2)16-13-15-18-14-11-12-17-25(21-8-3,22-9-4)23-10-5/h14,24H,6-13,15-17H2,1-5H3/b18-14-. The Morgan fingerprint density at radius 3 is 1.84 bits per heavy atom. The summed E-state index contributed by atoms with van der Waals surface area (Å²) in [5.41, 5.74) is 0. The molecule has 0 aromatic rings. The van der Waals surface area contributed by atoms with Crippen molar-refractivity contribution in [2.75, 3.05) is 39.6 Å². The van der Waals surface area contributed by atoms with Gasteiger partial charge in [0.15, 0.2) is 0 Å². The Labute approximate surface area is 157 Å². The number of hydrogen-bond acceptors (Lipinski definition) is 6. The molecule has 0 amide bonds. The Bertz CT molecular complexity index is 298. The van der Waals surface area contributed by atoms with Crippen LogP contribution in [-0.4, -0.2) is 63.9 Å². The number of rotatable bonds is 18. The van der Waals surface area contributed by atoms with Crippen molar-refractivity contribution in [3.63, 3.8) is 0 Å². The lowest BCUT2D eigenvalue weighted by Crippen LogP contribution is -2.45. The average Bonchev–Trinajstić information content (AvgIpc) is 2.58. The third-order valence-electron chi connectivity index (χ3n) is 3.47. The van der Waals surface area contributed by atoms with Gasteiger partial charge in [-0.3, -0.25) is 4.99 Å². The average molecular weight is 394 g/mol. The van der Waals surface area contributed by atoms with Crippen LogP contribution in [0.3, 0.4) is 0 Å². The molecule has 0 aromatic heterocycles. The van der Waals surface area contributed by atoms with E-state index in [0.717, 1.165) is 51.1 Å². The molecule has 0 bridgehead atoms. The fraction of sp³-hybridized carbons (Fsp3) is 0.941. The van der Waals surface area contributed by atoms with Gasteiger partial charge in [0.1, 0.15) is 0 Å². The summed E-state index contributed by atoms with van der Waals surface area (Å²) in [6.45, 7) is 14.2. The van der Waals surface area contributed by atoms with Crippen LogP contribution in [-0.2, 0) is 22.1 Å². The van der Waals surface area contributed by atoms with E-state index in [1.165, 1.54) is 0 Å². The highest BCUT2D eigenvalue weighted by Crippen LogP contribution is 2.18. The van der Waals surface area contributed by atoms with E-state index in [0.29, 0.717) is 19.8 Å². The molecule has 0 radical (unpaired) electrons. The quantitative estimate of drug-likeness (QED) is 0.202. The first kappa shape index (κ1) is 24.9. The third kappa shape index (κ3) is 12.8. The molecule has 25 heavy (non-hydrogen) atoms. The molecular formula is C17H39NO5Si2. The zero-order valence-electron chi connectivity index (χ0n) is 16.9. The maximum Gasteiger partial charge on any atom is 0.500 e. The van der Waals surface area contributed by atoms with Crippen molar-refractivity contribution < 1.29 is 22.1 Å². The summed E-state index contributed by atoms with van der Waals surface area (Å²) in [5, 5.41) is 0. The molecule has 0 unspecified atom stereocenters. The molecule has 0 aromatic carbocycles. The zero-order valence-corrected chi connectivity index (χ0v) is 19.1. The SMILES string of the molecule is CCO[SiH](CCC/N=C\CCC[Si](OCC)(OCC)OCC)OCC. The summed E-state index contributed by atoms with van der Waals surface area (Å²) in [7, 11) is -3.96. The molecule has 0 rings (SSSR count). The topological polar surface area (TPSA) is 58.5 Å². The fourth-order valence-electron chi connectivity index (χ4n) is 2.53. The van der Waals surface area contributed by atoms with Crippen LogP contribution in [0.25, 0.3) is 0 Å². The largest absolute Gasteiger partial charge is 0.500 e. The molecule has 0 saturated carbocycles. The molecule has 0 spiro atoms. The van der Waals surface area contributed by atoms with Gasteiger partial charge in [0, 0.05) is 45.6 Å². The van der Waals surface area contributed by atoms with Crippen molar-refractivity contribution in [1.82, 2.24) is 0 Å². The Kier molecular flexibility index (Phi) is 17.3. The smallest absolute Gasteiger partial charge is 0.397 e. The minimum absolute atomic E-state index is 0.630. The Morgan fingerprint density at radius 2 is 1.36 bits per heavy atom. The molecule has 0 fully saturated rings. The van der Waals surface area contributed by atoms with Crippen LogP contribution >= 0.6 is 0 Å². The van der Waals surface area contributed by atoms with Gasteiger partial charge in [-0.15, -0.1) is 0 Å². The first-order valence-electron chi connectivity index (χ1n) is 9.81. The van der Waals surface area contributed by atoms with Gasteiger partial charge in [0.05, 0.1) is 0 Å². The first-order chi connectivity index (χ1) is 12.2. The van der Waals surface area contributed by atoms with E-state index in [4.69, 9.17) is 22.1 Å². The van der Waals surface area contributed by atoms with Crippen LogP contribution in [0.15, 0.2) is 4.99 Å². The second kappa shape index (κ2) is 17.3. The van der Waals surface area contributed by atoms with E-state index in [2.05, 4.69) is 4.99 Å². The van der Waals surface area contributed by atoms with E-state index in [9.17, 15) is 0 Å². The molecular weight excluding hydrogens is 354 g/mol. The van der Waals surface area contributed by atoms with Crippen molar-refractivity contribution in [2.24, 2.45) is 4.99 Å². The van der Waals surface area contributed by atoms with E-state index in [1.807, 2.05) is 40.8 Å². The normalized spacial score (nSPS) is 12.6. The van der Waals surface area contributed by atoms with Gasteiger partial charge >= 0.3 is 18.1 Å². The number of aliphatic imine (C=N–C) groups is 1. The fourth-order valence-corrected chi connectivity index (χ4v) is 6.86. The van der Waals surface area contributed by atoms with Gasteiger partial charge in [-0.25, -0.2) is 0 Å². The molecule has 0 heterocycles. The minimum atomic E-state index is -2.49. The van der Waals surface area contributed by atoms with E-state index in [1.54, 1.807) is 0 Å². The molecule has 0 aliphatic heterocycles. The minimum Gasteiger partial charge on any atom is -0.397 e. The summed E-state index contributed by atoms with van der Waals surface area (Å²) >= 11 is 0. The van der Waals surface area contributed by atoms with Crippen LogP contribution in [0.2, 0.25) is 12.1 Å². The van der Waals surface area contributed by atoms with Crippen LogP contribution in [0, 0.1) is 0 Å². The summed E-state index contributed by atoms with van der Waals surface area (Å²) in [6, 6.07) is 1.87. The van der Waals surface area contributed by atoms with Crippen LogP contribution in [0.4, 0.5) is 0 Å². The van der Waals surface area contributed by atoms with Gasteiger partial charge < -0.3 is 22.1 Å². The van der Waals surface area contributed by atoms with Crippen LogP contribution in [0.1, 0.15) is 53.9 Å². The maximum atomic E-state index is 5.85. The van der Waals surface area contributed by atoms with E-state index >= 15 is 0 Å². The highest BCUT2D eigenvalue weighted by molar-refractivity contribution is 6.60. The predicted molar refractivity (Wildman–Crippen MR) is 108 cm³/mol. The summed E-state index contributed by atoms with van der Waals surface area (Å²) in [4.78, 5) is 4.50. The van der Waals surface area contributed by atoms with Crippen LogP contribution < -0.4 is 0 Å². The van der Waals surface area contributed by atoms with Crippen molar-refractivity contribution >= 4 is 24.3 Å². The molecule has 0 aliphatic rings. The van der Waals surface area contributed by atoms with Crippen molar-refractivity contribution in [2.45, 2.75) is 66.0 Å². The predicted octanol–water partition coefficient (Wildman–Crippen LogP) is 3.57. The lowest BCUT2D eigenvalue weighted by molar-refractivity contribution is 0.0710. The maximum absolute atomic E-state index is 5.85. The molecule has 0 atom stereocenters. The Morgan fingerprint density at radius 1 is 0.800 bits per heavy atom. The van der Waals surface area contributed by atoms with Crippen molar-refractivity contribution in [1.29, 1.82) is 0 Å². The van der Waals surface area contributed by atoms with Gasteiger partial charge in [0.25, 0.3) is 0 Å². The highest BCUT2D eigenvalue weighted by atomic mass is 28.4. The van der Waals surface area contributed by atoms with Gasteiger partial charge in [-0.05, 0) is 66.1 Å². The lowest BCUT2D eigenvalue weighted by atomic mass is 10.4. The van der Waals surface area contributed by atoms with Gasteiger partial charge in [-0.1, -0.05) is 0 Å². The molecule has 0 aliphatic carbocycles. The summed E-state index contributed by atoms with van der Waals surface area (Å²) in [5.74, 6) is 0. The van der Waals surface area contributed by atoms with Gasteiger partial charge in [-0.2, -0.15) is 0 Å². The molecule has 6 nitrogen and oxygen atoms in total. The summed E-state index contributed by atoms with van der Waals surface area (Å²) < 4.78 is 28.9. The summed E-state index contributed by atoms with van der Waals surface area (Å²) in [6.07, 6.45) is 4.95. The highest BCUT2D eigenvalue weighted by Gasteiger charge is 2.39. The monoisotopic (exact) mass is 393 g/mol. The Balaban J connectivity index is 4.01. The number of unbranched alkanes of at least 4 members (excludes halogenated alkanes) is 1. The zero-order chi connectivity index (χ0) is 18.8. The molecule has 150 valence electrons. The molecule has 0 saturated heterocycles. The van der Waals surface area contributed by atoms with E-state index in [-0.39, 0.29) is 0 Å². The van der Waals surface area contributed by atoms with E-state index < -0.39 is 18.1 Å². The number of hydrogen-bond donors (Lipinski definition) is 0. The third-order valence-corrected chi connectivity index (χ3v) is 8.91. The second-order valence-corrected chi connectivity index (χ2v) is 10.3.